The van der Waals surface area contributed by atoms with Crippen molar-refractivity contribution in [1.29, 1.82) is 0 Å². The van der Waals surface area contributed by atoms with Crippen LogP contribution in [-0.4, -0.2) is 48.7 Å². The maximum Gasteiger partial charge on any atom is 0.274 e. The molecule has 2 aromatic rings. The van der Waals surface area contributed by atoms with Crippen LogP contribution in [0.1, 0.15) is 36.4 Å². The average molecular weight is 410 g/mol. The molecule has 160 valence electrons. The number of rotatable bonds is 8. The van der Waals surface area contributed by atoms with E-state index in [0.717, 1.165) is 38.0 Å². The molecule has 1 aromatic carbocycles. The van der Waals surface area contributed by atoms with Crippen LogP contribution in [0.15, 0.2) is 47.3 Å². The Kier molecular flexibility index (Phi) is 6.53. The molecule has 1 fully saturated rings. The molecule has 0 spiro atoms. The predicted molar refractivity (Wildman–Crippen MR) is 118 cm³/mol. The zero-order valence-corrected chi connectivity index (χ0v) is 17.7. The number of aromatic nitrogens is 1. The molecule has 1 saturated heterocycles. The van der Waals surface area contributed by atoms with Gasteiger partial charge in [-0.2, -0.15) is 0 Å². The van der Waals surface area contributed by atoms with Gasteiger partial charge in [0.05, 0.1) is 13.0 Å². The summed E-state index contributed by atoms with van der Waals surface area (Å²) in [6.07, 6.45) is 3.46. The molecule has 0 unspecified atom stereocenters. The maximum absolute atomic E-state index is 13.1. The Morgan fingerprint density at radius 1 is 1.13 bits per heavy atom. The number of nitrogens with zero attached hydrogens (tertiary/aromatic N) is 2. The van der Waals surface area contributed by atoms with Crippen molar-refractivity contribution in [3.8, 4) is 0 Å². The first-order chi connectivity index (χ1) is 14.7. The molecule has 2 aliphatic heterocycles. The molecule has 2 aliphatic rings. The Bertz CT molecular complexity index is 925. The number of anilines is 1. The zero-order valence-electron chi connectivity index (χ0n) is 17.7. The van der Waals surface area contributed by atoms with Crippen molar-refractivity contribution in [2.75, 3.05) is 38.7 Å². The molecule has 1 N–H and O–H groups in total. The lowest BCUT2D eigenvalue weighted by Gasteiger charge is -2.43. The van der Waals surface area contributed by atoms with Crippen LogP contribution in [-0.2, 0) is 22.5 Å². The van der Waals surface area contributed by atoms with Crippen molar-refractivity contribution in [3.05, 3.63) is 64.1 Å². The van der Waals surface area contributed by atoms with E-state index in [9.17, 15) is 9.59 Å². The number of fused-ring (bicyclic) bond motifs is 4. The maximum atomic E-state index is 13.1. The molecule has 0 radical (unpaired) electrons. The average Bonchev–Trinajstić information content (AvgIpc) is 2.77. The molecule has 1 amide bonds. The molecule has 0 saturated carbocycles. The van der Waals surface area contributed by atoms with Crippen molar-refractivity contribution in [2.45, 2.75) is 38.1 Å². The molecule has 2 atom stereocenters. The number of aryl methyl sites for hydroxylation is 1. The van der Waals surface area contributed by atoms with E-state index in [0.29, 0.717) is 37.7 Å². The summed E-state index contributed by atoms with van der Waals surface area (Å²) >= 11 is 0. The number of nitrogens with one attached hydrogen (secondary N) is 1. The highest BCUT2D eigenvalue weighted by Gasteiger charge is 2.36. The summed E-state index contributed by atoms with van der Waals surface area (Å²) in [5, 5.41) is 3.34. The van der Waals surface area contributed by atoms with Crippen LogP contribution in [0.4, 0.5) is 5.69 Å². The highest BCUT2D eigenvalue weighted by Crippen LogP contribution is 2.35. The van der Waals surface area contributed by atoms with Gasteiger partial charge in [-0.3, -0.25) is 9.59 Å². The number of methoxy groups -OCH3 is 1. The fourth-order valence-electron chi connectivity index (χ4n) is 4.79. The lowest BCUT2D eigenvalue weighted by atomic mass is 9.83. The summed E-state index contributed by atoms with van der Waals surface area (Å²) < 4.78 is 6.99. The summed E-state index contributed by atoms with van der Waals surface area (Å²) in [6.45, 7) is 3.36. The largest absolute Gasteiger partial charge is 0.384 e. The molecule has 2 bridgehead atoms. The molecule has 3 heterocycles. The number of hydrogen-bond acceptors (Lipinski definition) is 4. The van der Waals surface area contributed by atoms with E-state index < -0.39 is 0 Å². The number of carbonyl (C=O) groups is 1. The van der Waals surface area contributed by atoms with Gasteiger partial charge in [0.15, 0.2) is 0 Å². The molecule has 30 heavy (non-hydrogen) atoms. The molecular formula is C24H31N3O3. The molecule has 1 aromatic heterocycles. The minimum Gasteiger partial charge on any atom is -0.384 e. The van der Waals surface area contributed by atoms with Crippen LogP contribution >= 0.6 is 0 Å². The highest BCUT2D eigenvalue weighted by molar-refractivity contribution is 5.76. The standard InChI is InChI=1S/C24H31N3O3/c1-30-13-11-23(28)26-15-19-14-20(17-26)22-10-9-21(24(29)27(22)16-19)25-12-5-8-18-6-3-2-4-7-18/h2-4,6-7,9-10,19-20,25H,5,8,11-17H2,1H3/t19-,20+/m0/s1. The quantitative estimate of drug-likeness (QED) is 0.681. The summed E-state index contributed by atoms with van der Waals surface area (Å²) in [7, 11) is 1.62. The van der Waals surface area contributed by atoms with Gasteiger partial charge in [0.1, 0.15) is 5.69 Å². The Morgan fingerprint density at radius 3 is 2.77 bits per heavy atom. The van der Waals surface area contributed by atoms with Crippen LogP contribution in [0.3, 0.4) is 0 Å². The Hall–Kier alpha value is -2.60. The third-order valence-electron chi connectivity index (χ3n) is 6.28. The summed E-state index contributed by atoms with van der Waals surface area (Å²) in [6, 6.07) is 14.4. The SMILES string of the molecule is COCCC(=O)N1C[C@@H]2C[C@H](C1)c1ccc(NCCCc3ccccc3)c(=O)n1C2. The van der Waals surface area contributed by atoms with Gasteiger partial charge in [0, 0.05) is 44.9 Å². The Balaban J connectivity index is 1.39. The smallest absolute Gasteiger partial charge is 0.274 e. The molecule has 6 heteroatoms. The van der Waals surface area contributed by atoms with Crippen LogP contribution < -0.4 is 10.9 Å². The van der Waals surface area contributed by atoms with Crippen LogP contribution in [0, 0.1) is 5.92 Å². The fraction of sp³-hybridized carbons (Fsp3) is 0.500. The number of likely N-dealkylation sites (tertiary alicyclic amines) is 1. The number of pyridine rings is 1. The van der Waals surface area contributed by atoms with Gasteiger partial charge in [0.25, 0.3) is 5.56 Å². The van der Waals surface area contributed by atoms with E-state index in [1.807, 2.05) is 21.6 Å². The molecular weight excluding hydrogens is 378 g/mol. The first kappa shape index (κ1) is 20.7. The summed E-state index contributed by atoms with van der Waals surface area (Å²) in [5.74, 6) is 0.733. The lowest BCUT2D eigenvalue weighted by molar-refractivity contribution is -0.134. The van der Waals surface area contributed by atoms with Gasteiger partial charge < -0.3 is 19.5 Å². The first-order valence-electron chi connectivity index (χ1n) is 10.9. The van der Waals surface area contributed by atoms with Crippen molar-refractivity contribution in [1.82, 2.24) is 9.47 Å². The number of hydrogen-bond donors (Lipinski definition) is 1. The summed E-state index contributed by atoms with van der Waals surface area (Å²) in [5.41, 5.74) is 3.13. The predicted octanol–water partition coefficient (Wildman–Crippen LogP) is 2.88. The van der Waals surface area contributed by atoms with Crippen LogP contribution in [0.5, 0.6) is 0 Å². The van der Waals surface area contributed by atoms with Crippen molar-refractivity contribution in [2.24, 2.45) is 5.92 Å². The fourth-order valence-corrected chi connectivity index (χ4v) is 4.79. The second-order valence-electron chi connectivity index (χ2n) is 8.44. The van der Waals surface area contributed by atoms with E-state index in [4.69, 9.17) is 4.74 Å². The topological polar surface area (TPSA) is 63.6 Å². The number of benzene rings is 1. The summed E-state index contributed by atoms with van der Waals surface area (Å²) in [4.78, 5) is 27.5. The lowest BCUT2D eigenvalue weighted by Crippen LogP contribution is -2.49. The normalized spacial score (nSPS) is 20.0. The van der Waals surface area contributed by atoms with Gasteiger partial charge in [0.2, 0.25) is 5.91 Å². The minimum absolute atomic E-state index is 0.0704. The van der Waals surface area contributed by atoms with E-state index >= 15 is 0 Å². The van der Waals surface area contributed by atoms with Crippen molar-refractivity contribution in [3.63, 3.8) is 0 Å². The molecule has 0 aliphatic carbocycles. The highest BCUT2D eigenvalue weighted by atomic mass is 16.5. The Morgan fingerprint density at radius 2 is 1.97 bits per heavy atom. The number of carbonyl (C=O) groups excluding carboxylic acids is 1. The first-order valence-corrected chi connectivity index (χ1v) is 10.9. The minimum atomic E-state index is 0.0704. The number of ether oxygens (including phenoxy) is 1. The third kappa shape index (κ3) is 4.59. The van der Waals surface area contributed by atoms with Gasteiger partial charge >= 0.3 is 0 Å². The number of amides is 1. The van der Waals surface area contributed by atoms with E-state index in [-0.39, 0.29) is 17.4 Å². The second-order valence-corrected chi connectivity index (χ2v) is 8.44. The van der Waals surface area contributed by atoms with Gasteiger partial charge in [-0.15, -0.1) is 0 Å². The molecule has 4 rings (SSSR count). The van der Waals surface area contributed by atoms with E-state index in [2.05, 4.69) is 35.6 Å². The van der Waals surface area contributed by atoms with Crippen molar-refractivity contribution < 1.29 is 9.53 Å². The van der Waals surface area contributed by atoms with Crippen molar-refractivity contribution >= 4 is 11.6 Å². The van der Waals surface area contributed by atoms with E-state index in [1.54, 1.807) is 7.11 Å². The van der Waals surface area contributed by atoms with Gasteiger partial charge in [-0.05, 0) is 42.9 Å². The monoisotopic (exact) mass is 409 g/mol. The van der Waals surface area contributed by atoms with Gasteiger partial charge in [-0.25, -0.2) is 0 Å². The third-order valence-corrected chi connectivity index (χ3v) is 6.28. The number of piperidine rings is 1. The van der Waals surface area contributed by atoms with E-state index in [1.165, 1.54) is 5.56 Å². The Labute approximate surface area is 177 Å². The molecule has 6 nitrogen and oxygen atoms in total. The van der Waals surface area contributed by atoms with Gasteiger partial charge in [-0.1, -0.05) is 30.3 Å². The second kappa shape index (κ2) is 9.47. The zero-order chi connectivity index (χ0) is 20.9. The van der Waals surface area contributed by atoms with Crippen LogP contribution in [0.2, 0.25) is 0 Å². The van der Waals surface area contributed by atoms with Crippen LogP contribution in [0.25, 0.3) is 0 Å².